The SMILES string of the molecule is CC(C)CNC(=O)c1ccccc1NC(=O)[C@H]1CC(=O)N(c2ccc(F)cc2)C1. The number of nitrogens with zero attached hydrogens (tertiary/aromatic N) is 1. The highest BCUT2D eigenvalue weighted by molar-refractivity contribution is 6.07. The molecule has 1 saturated heterocycles. The van der Waals surface area contributed by atoms with Crippen molar-refractivity contribution in [2.75, 3.05) is 23.3 Å². The summed E-state index contributed by atoms with van der Waals surface area (Å²) in [5.41, 5.74) is 1.34. The van der Waals surface area contributed by atoms with Crippen molar-refractivity contribution in [3.63, 3.8) is 0 Å². The van der Waals surface area contributed by atoms with E-state index in [9.17, 15) is 18.8 Å². The van der Waals surface area contributed by atoms with Crippen molar-refractivity contribution in [3.8, 4) is 0 Å². The molecule has 1 aliphatic heterocycles. The fourth-order valence-corrected chi connectivity index (χ4v) is 3.17. The van der Waals surface area contributed by atoms with Crippen molar-refractivity contribution in [1.29, 1.82) is 0 Å². The van der Waals surface area contributed by atoms with Gasteiger partial charge in [0.2, 0.25) is 11.8 Å². The molecule has 0 radical (unpaired) electrons. The van der Waals surface area contributed by atoms with Gasteiger partial charge in [0.05, 0.1) is 17.2 Å². The van der Waals surface area contributed by atoms with Gasteiger partial charge in [0.15, 0.2) is 0 Å². The van der Waals surface area contributed by atoms with Gasteiger partial charge in [0, 0.05) is 25.2 Å². The molecular formula is C22H24FN3O3. The number of amides is 3. The molecule has 0 aliphatic carbocycles. The van der Waals surface area contributed by atoms with Crippen LogP contribution in [0.25, 0.3) is 0 Å². The first kappa shape index (κ1) is 20.5. The summed E-state index contributed by atoms with van der Waals surface area (Å²) in [6.07, 6.45) is 0.0604. The van der Waals surface area contributed by atoms with Gasteiger partial charge >= 0.3 is 0 Å². The maximum absolute atomic E-state index is 13.1. The number of hydrogen-bond acceptors (Lipinski definition) is 3. The molecule has 2 aromatic carbocycles. The molecule has 0 saturated carbocycles. The maximum atomic E-state index is 13.1. The van der Waals surface area contributed by atoms with Crippen molar-refractivity contribution in [3.05, 3.63) is 59.9 Å². The molecule has 0 spiro atoms. The third-order valence-corrected chi connectivity index (χ3v) is 4.73. The van der Waals surface area contributed by atoms with Crippen LogP contribution in [0.3, 0.4) is 0 Å². The fourth-order valence-electron chi connectivity index (χ4n) is 3.17. The lowest BCUT2D eigenvalue weighted by Crippen LogP contribution is -2.30. The summed E-state index contributed by atoms with van der Waals surface area (Å²) in [5.74, 6) is -1.42. The van der Waals surface area contributed by atoms with Gasteiger partial charge in [-0.3, -0.25) is 14.4 Å². The zero-order valence-corrected chi connectivity index (χ0v) is 16.4. The number of carbonyl (C=O) groups is 3. The van der Waals surface area contributed by atoms with Crippen LogP contribution >= 0.6 is 0 Å². The molecule has 3 rings (SSSR count). The normalized spacial score (nSPS) is 16.2. The second kappa shape index (κ2) is 8.86. The smallest absolute Gasteiger partial charge is 0.253 e. The van der Waals surface area contributed by atoms with Crippen LogP contribution in [0.5, 0.6) is 0 Å². The highest BCUT2D eigenvalue weighted by atomic mass is 19.1. The Labute approximate surface area is 169 Å². The summed E-state index contributed by atoms with van der Waals surface area (Å²) >= 11 is 0. The van der Waals surface area contributed by atoms with Gasteiger partial charge in [-0.25, -0.2) is 4.39 Å². The molecule has 6 nitrogen and oxygen atoms in total. The summed E-state index contributed by atoms with van der Waals surface area (Å²) < 4.78 is 13.1. The van der Waals surface area contributed by atoms with Gasteiger partial charge < -0.3 is 15.5 Å². The van der Waals surface area contributed by atoms with E-state index in [0.29, 0.717) is 29.4 Å². The lowest BCUT2D eigenvalue weighted by Gasteiger charge is -2.17. The summed E-state index contributed by atoms with van der Waals surface area (Å²) in [6.45, 7) is 4.73. The number of rotatable bonds is 6. The minimum absolute atomic E-state index is 0.0604. The minimum atomic E-state index is -0.556. The Kier molecular flexibility index (Phi) is 6.26. The van der Waals surface area contributed by atoms with Crippen LogP contribution in [0.2, 0.25) is 0 Å². The molecule has 7 heteroatoms. The van der Waals surface area contributed by atoms with Gasteiger partial charge in [-0.1, -0.05) is 26.0 Å². The van der Waals surface area contributed by atoms with Crippen molar-refractivity contribution in [1.82, 2.24) is 5.32 Å². The Morgan fingerprint density at radius 3 is 2.52 bits per heavy atom. The first-order valence-corrected chi connectivity index (χ1v) is 9.59. The number of carbonyl (C=O) groups excluding carboxylic acids is 3. The lowest BCUT2D eigenvalue weighted by molar-refractivity contribution is -0.122. The first-order valence-electron chi connectivity index (χ1n) is 9.59. The number of nitrogens with one attached hydrogen (secondary N) is 2. The van der Waals surface area contributed by atoms with E-state index in [0.717, 1.165) is 0 Å². The molecule has 29 heavy (non-hydrogen) atoms. The van der Waals surface area contributed by atoms with Crippen LogP contribution in [-0.2, 0) is 9.59 Å². The van der Waals surface area contributed by atoms with Crippen LogP contribution in [0.1, 0.15) is 30.6 Å². The van der Waals surface area contributed by atoms with Gasteiger partial charge in [-0.05, 0) is 42.3 Å². The van der Waals surface area contributed by atoms with Crippen LogP contribution in [0, 0.1) is 17.7 Å². The average molecular weight is 397 g/mol. The van der Waals surface area contributed by atoms with E-state index in [2.05, 4.69) is 10.6 Å². The van der Waals surface area contributed by atoms with E-state index in [1.165, 1.54) is 29.2 Å². The summed E-state index contributed by atoms with van der Waals surface area (Å²) in [7, 11) is 0. The molecule has 1 atom stereocenters. The van der Waals surface area contributed by atoms with Gasteiger partial charge in [-0.15, -0.1) is 0 Å². The van der Waals surface area contributed by atoms with E-state index in [1.807, 2.05) is 13.8 Å². The topological polar surface area (TPSA) is 78.5 Å². The molecule has 2 aromatic rings. The Hall–Kier alpha value is -3.22. The second-order valence-corrected chi connectivity index (χ2v) is 7.52. The van der Waals surface area contributed by atoms with Crippen molar-refractivity contribution in [2.45, 2.75) is 20.3 Å². The Balaban J connectivity index is 1.69. The lowest BCUT2D eigenvalue weighted by atomic mass is 10.1. The van der Waals surface area contributed by atoms with E-state index < -0.39 is 5.92 Å². The van der Waals surface area contributed by atoms with Crippen LogP contribution < -0.4 is 15.5 Å². The van der Waals surface area contributed by atoms with E-state index in [4.69, 9.17) is 0 Å². The summed E-state index contributed by atoms with van der Waals surface area (Å²) in [6, 6.07) is 12.4. The van der Waals surface area contributed by atoms with Gasteiger partial charge in [0.25, 0.3) is 5.91 Å². The number of hydrogen-bond donors (Lipinski definition) is 2. The Morgan fingerprint density at radius 2 is 1.83 bits per heavy atom. The van der Waals surface area contributed by atoms with Crippen molar-refractivity contribution < 1.29 is 18.8 Å². The fraction of sp³-hybridized carbons (Fsp3) is 0.318. The number of benzene rings is 2. The van der Waals surface area contributed by atoms with Crippen LogP contribution in [0.15, 0.2) is 48.5 Å². The highest BCUT2D eigenvalue weighted by Crippen LogP contribution is 2.26. The van der Waals surface area contributed by atoms with E-state index >= 15 is 0 Å². The molecule has 0 aromatic heterocycles. The molecule has 1 heterocycles. The van der Waals surface area contributed by atoms with Crippen LogP contribution in [0.4, 0.5) is 15.8 Å². The standard InChI is InChI=1S/C22H24FN3O3/c1-14(2)12-24-22(29)18-5-3-4-6-19(18)25-21(28)15-11-20(27)26(13-15)17-9-7-16(23)8-10-17/h3-10,14-15H,11-13H2,1-2H3,(H,24,29)(H,25,28)/t15-/m0/s1. The second-order valence-electron chi connectivity index (χ2n) is 7.52. The summed E-state index contributed by atoms with van der Waals surface area (Å²) in [5, 5.41) is 5.62. The zero-order chi connectivity index (χ0) is 21.0. The Bertz CT molecular complexity index is 912. The molecule has 0 bridgehead atoms. The predicted octanol–water partition coefficient (Wildman–Crippen LogP) is 3.20. The monoisotopic (exact) mass is 397 g/mol. The number of halogens is 1. The van der Waals surface area contributed by atoms with E-state index in [1.54, 1.807) is 24.3 Å². The Morgan fingerprint density at radius 1 is 1.14 bits per heavy atom. The number of anilines is 2. The van der Waals surface area contributed by atoms with Crippen molar-refractivity contribution >= 4 is 29.1 Å². The van der Waals surface area contributed by atoms with Gasteiger partial charge in [-0.2, -0.15) is 0 Å². The molecule has 0 unspecified atom stereocenters. The van der Waals surface area contributed by atoms with Crippen LogP contribution in [-0.4, -0.2) is 30.8 Å². The van der Waals surface area contributed by atoms with Gasteiger partial charge in [0.1, 0.15) is 5.82 Å². The molecule has 1 fully saturated rings. The molecular weight excluding hydrogens is 373 g/mol. The quantitative estimate of drug-likeness (QED) is 0.786. The third-order valence-electron chi connectivity index (χ3n) is 4.73. The summed E-state index contributed by atoms with van der Waals surface area (Å²) in [4.78, 5) is 39.0. The largest absolute Gasteiger partial charge is 0.352 e. The van der Waals surface area contributed by atoms with Crippen molar-refractivity contribution in [2.24, 2.45) is 11.8 Å². The number of para-hydroxylation sites is 1. The first-order chi connectivity index (χ1) is 13.8. The highest BCUT2D eigenvalue weighted by Gasteiger charge is 2.35. The zero-order valence-electron chi connectivity index (χ0n) is 16.4. The maximum Gasteiger partial charge on any atom is 0.253 e. The third kappa shape index (κ3) is 4.99. The average Bonchev–Trinajstić information content (AvgIpc) is 3.09. The minimum Gasteiger partial charge on any atom is -0.352 e. The molecule has 3 amide bonds. The van der Waals surface area contributed by atoms with E-state index in [-0.39, 0.29) is 36.5 Å². The molecule has 152 valence electrons. The molecule has 1 aliphatic rings. The molecule has 2 N–H and O–H groups in total. The predicted molar refractivity (Wildman–Crippen MR) is 109 cm³/mol.